The molecule has 0 bridgehead atoms. The van der Waals surface area contributed by atoms with Crippen molar-refractivity contribution in [2.45, 2.75) is 38.1 Å². The van der Waals surface area contributed by atoms with Gasteiger partial charge in [0.2, 0.25) is 11.8 Å². The van der Waals surface area contributed by atoms with Gasteiger partial charge in [0.25, 0.3) is 0 Å². The number of anilines is 1. The number of urea groups is 1. The van der Waals surface area contributed by atoms with Crippen LogP contribution in [0.25, 0.3) is 0 Å². The van der Waals surface area contributed by atoms with E-state index in [1.165, 1.54) is 10.6 Å². The van der Waals surface area contributed by atoms with Gasteiger partial charge in [-0.25, -0.2) is 4.79 Å². The third-order valence-electron chi connectivity index (χ3n) is 8.59. The lowest BCUT2D eigenvalue weighted by Crippen LogP contribution is -2.62. The standard InChI is InChI=1S/C31H41N5O4/c1-40-26-11-9-25(10-12-26)35-20-18-34(19-21-35)16-5-15-32-29(37)24-8-13-27-28(22-24)33-31(39)36(30(27)38)17-14-23-6-3-2-4-7-23/h2-4,6-7,9-12,24,27-28H,5,8,13-22H2,1H3,(H,32,37)(H,33,39). The number of carbonyl (C=O) groups is 3. The maximum Gasteiger partial charge on any atom is 0.324 e. The van der Waals surface area contributed by atoms with Crippen molar-refractivity contribution in [3.8, 4) is 5.75 Å². The Morgan fingerprint density at radius 2 is 1.73 bits per heavy atom. The molecule has 2 aromatic carbocycles. The Bertz CT molecular complexity index is 1150. The fourth-order valence-corrected chi connectivity index (χ4v) is 6.18. The van der Waals surface area contributed by atoms with Gasteiger partial charge >= 0.3 is 6.03 Å². The molecule has 214 valence electrons. The summed E-state index contributed by atoms with van der Waals surface area (Å²) in [5.74, 6) is 0.398. The van der Waals surface area contributed by atoms with Crippen molar-refractivity contribution in [3.63, 3.8) is 0 Å². The number of hydrogen-bond donors (Lipinski definition) is 2. The molecule has 1 aliphatic carbocycles. The minimum atomic E-state index is -0.338. The number of fused-ring (bicyclic) bond motifs is 1. The second-order valence-electron chi connectivity index (χ2n) is 11.1. The van der Waals surface area contributed by atoms with Gasteiger partial charge in [-0.2, -0.15) is 0 Å². The molecule has 2 saturated heterocycles. The lowest BCUT2D eigenvalue weighted by atomic mass is 9.76. The maximum atomic E-state index is 13.1. The Balaban J connectivity index is 0.996. The third kappa shape index (κ3) is 6.75. The van der Waals surface area contributed by atoms with Crippen molar-refractivity contribution in [1.29, 1.82) is 0 Å². The number of hydrogen-bond acceptors (Lipinski definition) is 6. The van der Waals surface area contributed by atoms with E-state index in [0.29, 0.717) is 38.8 Å². The smallest absolute Gasteiger partial charge is 0.324 e. The molecule has 3 aliphatic rings. The van der Waals surface area contributed by atoms with Gasteiger partial charge in [0.05, 0.1) is 13.0 Å². The molecule has 4 amide bonds. The fraction of sp³-hybridized carbons (Fsp3) is 0.516. The zero-order valence-electron chi connectivity index (χ0n) is 23.4. The quantitative estimate of drug-likeness (QED) is 0.445. The van der Waals surface area contributed by atoms with E-state index in [1.54, 1.807) is 7.11 Å². The van der Waals surface area contributed by atoms with Gasteiger partial charge in [-0.05, 0) is 68.5 Å². The number of rotatable bonds is 10. The predicted molar refractivity (Wildman–Crippen MR) is 154 cm³/mol. The highest BCUT2D eigenvalue weighted by molar-refractivity contribution is 5.99. The van der Waals surface area contributed by atoms with Gasteiger partial charge in [0.1, 0.15) is 5.75 Å². The number of nitrogens with one attached hydrogen (secondary N) is 2. The molecule has 2 N–H and O–H groups in total. The van der Waals surface area contributed by atoms with Crippen molar-refractivity contribution in [2.24, 2.45) is 11.8 Å². The summed E-state index contributed by atoms with van der Waals surface area (Å²) in [4.78, 5) is 44.9. The third-order valence-corrected chi connectivity index (χ3v) is 8.59. The van der Waals surface area contributed by atoms with Crippen LogP contribution in [0.15, 0.2) is 54.6 Å². The molecule has 3 unspecified atom stereocenters. The summed E-state index contributed by atoms with van der Waals surface area (Å²) in [6.45, 7) is 5.94. The van der Waals surface area contributed by atoms with Crippen LogP contribution < -0.4 is 20.3 Å². The molecule has 1 saturated carbocycles. The number of imide groups is 1. The largest absolute Gasteiger partial charge is 0.497 e. The normalized spacial score (nSPS) is 23.4. The molecular weight excluding hydrogens is 506 g/mol. The maximum absolute atomic E-state index is 13.1. The van der Waals surface area contributed by atoms with Crippen molar-refractivity contribution in [1.82, 2.24) is 20.4 Å². The molecule has 2 heterocycles. The van der Waals surface area contributed by atoms with Crippen LogP contribution in [0.4, 0.5) is 10.5 Å². The zero-order valence-corrected chi connectivity index (χ0v) is 23.4. The first kappa shape index (κ1) is 28.0. The van der Waals surface area contributed by atoms with Crippen LogP contribution in [0, 0.1) is 11.8 Å². The molecule has 0 radical (unpaired) electrons. The average molecular weight is 548 g/mol. The van der Waals surface area contributed by atoms with Gasteiger partial charge in [0.15, 0.2) is 0 Å². The first-order valence-corrected chi connectivity index (χ1v) is 14.6. The Morgan fingerprint density at radius 1 is 0.975 bits per heavy atom. The monoisotopic (exact) mass is 547 g/mol. The second-order valence-corrected chi connectivity index (χ2v) is 11.1. The number of piperazine rings is 1. The van der Waals surface area contributed by atoms with Crippen molar-refractivity contribution >= 4 is 23.5 Å². The Hall–Kier alpha value is -3.59. The molecule has 40 heavy (non-hydrogen) atoms. The Morgan fingerprint density at radius 3 is 2.45 bits per heavy atom. The minimum absolute atomic E-state index is 0.0379. The molecule has 9 nitrogen and oxygen atoms in total. The molecule has 0 spiro atoms. The van der Waals surface area contributed by atoms with Crippen LogP contribution >= 0.6 is 0 Å². The number of carbonyl (C=O) groups excluding carboxylic acids is 3. The van der Waals surface area contributed by atoms with E-state index >= 15 is 0 Å². The van der Waals surface area contributed by atoms with Crippen molar-refractivity contribution in [2.75, 3.05) is 57.8 Å². The molecule has 9 heteroatoms. The zero-order chi connectivity index (χ0) is 27.9. The second kappa shape index (κ2) is 13.2. The van der Waals surface area contributed by atoms with E-state index in [-0.39, 0.29) is 35.7 Å². The molecule has 5 rings (SSSR count). The first-order chi connectivity index (χ1) is 19.5. The number of nitrogens with zero attached hydrogens (tertiary/aromatic N) is 3. The topological polar surface area (TPSA) is 94.2 Å². The lowest BCUT2D eigenvalue weighted by molar-refractivity contribution is -0.139. The molecule has 3 atom stereocenters. The summed E-state index contributed by atoms with van der Waals surface area (Å²) in [6.07, 6.45) is 3.36. The molecule has 3 fully saturated rings. The van der Waals surface area contributed by atoms with Crippen LogP contribution in [0.1, 0.15) is 31.2 Å². The van der Waals surface area contributed by atoms with E-state index in [0.717, 1.165) is 50.5 Å². The summed E-state index contributed by atoms with van der Waals surface area (Å²) in [5.41, 5.74) is 2.32. The Labute approximate surface area is 236 Å². The highest BCUT2D eigenvalue weighted by Gasteiger charge is 2.45. The molecule has 2 aromatic rings. The Kier molecular flexibility index (Phi) is 9.21. The van der Waals surface area contributed by atoms with Crippen LogP contribution in [-0.4, -0.2) is 86.6 Å². The van der Waals surface area contributed by atoms with E-state index in [9.17, 15) is 14.4 Å². The highest BCUT2D eigenvalue weighted by atomic mass is 16.5. The number of amides is 4. The van der Waals surface area contributed by atoms with Crippen LogP contribution in [0.5, 0.6) is 5.75 Å². The minimum Gasteiger partial charge on any atom is -0.497 e. The number of methoxy groups -OCH3 is 1. The molecule has 2 aliphatic heterocycles. The van der Waals surface area contributed by atoms with E-state index in [2.05, 4.69) is 32.6 Å². The van der Waals surface area contributed by atoms with Crippen LogP contribution in [0.3, 0.4) is 0 Å². The van der Waals surface area contributed by atoms with Crippen LogP contribution in [0.2, 0.25) is 0 Å². The average Bonchev–Trinajstić information content (AvgIpc) is 2.99. The van der Waals surface area contributed by atoms with E-state index < -0.39 is 0 Å². The predicted octanol–water partition coefficient (Wildman–Crippen LogP) is 2.90. The SMILES string of the molecule is COc1ccc(N2CCN(CCCNC(=O)C3CCC4C(=O)N(CCc5ccccc5)C(=O)NC4C3)CC2)cc1. The fourth-order valence-electron chi connectivity index (χ4n) is 6.18. The summed E-state index contributed by atoms with van der Waals surface area (Å²) in [7, 11) is 1.68. The van der Waals surface area contributed by atoms with E-state index in [1.807, 2.05) is 42.5 Å². The highest BCUT2D eigenvalue weighted by Crippen LogP contribution is 2.33. The van der Waals surface area contributed by atoms with Crippen LogP contribution in [-0.2, 0) is 16.0 Å². The van der Waals surface area contributed by atoms with E-state index in [4.69, 9.17) is 4.74 Å². The number of benzene rings is 2. The number of ether oxygens (including phenoxy) is 1. The molecule has 0 aromatic heterocycles. The summed E-state index contributed by atoms with van der Waals surface area (Å²) < 4.78 is 5.25. The van der Waals surface area contributed by atoms with Gasteiger partial charge in [-0.15, -0.1) is 0 Å². The summed E-state index contributed by atoms with van der Waals surface area (Å²) >= 11 is 0. The van der Waals surface area contributed by atoms with Gasteiger partial charge in [0, 0.05) is 56.9 Å². The van der Waals surface area contributed by atoms with Crippen molar-refractivity contribution < 1.29 is 19.1 Å². The lowest BCUT2D eigenvalue weighted by Gasteiger charge is -2.42. The molecular formula is C31H41N5O4. The summed E-state index contributed by atoms with van der Waals surface area (Å²) in [5, 5.41) is 6.13. The van der Waals surface area contributed by atoms with Gasteiger partial charge in [-0.1, -0.05) is 30.3 Å². The first-order valence-electron chi connectivity index (χ1n) is 14.6. The van der Waals surface area contributed by atoms with Gasteiger partial charge < -0.3 is 20.3 Å². The summed E-state index contributed by atoms with van der Waals surface area (Å²) in [6, 6.07) is 17.5. The van der Waals surface area contributed by atoms with Gasteiger partial charge in [-0.3, -0.25) is 19.4 Å². The van der Waals surface area contributed by atoms with Crippen molar-refractivity contribution in [3.05, 3.63) is 60.2 Å².